The van der Waals surface area contributed by atoms with Gasteiger partial charge in [0.15, 0.2) is 0 Å². The lowest BCUT2D eigenvalue weighted by Gasteiger charge is -2.02. The molecule has 0 saturated carbocycles. The molecule has 21 heavy (non-hydrogen) atoms. The second kappa shape index (κ2) is 5.50. The van der Waals surface area contributed by atoms with Crippen molar-refractivity contribution in [1.82, 2.24) is 9.97 Å². The fraction of sp³-hybridized carbons (Fsp3) is 0.0667. The van der Waals surface area contributed by atoms with E-state index in [1.54, 1.807) is 34.0 Å². The van der Waals surface area contributed by atoms with E-state index in [0.29, 0.717) is 5.15 Å². The van der Waals surface area contributed by atoms with Crippen molar-refractivity contribution in [3.05, 3.63) is 56.3 Å². The van der Waals surface area contributed by atoms with E-state index < -0.39 is 0 Å². The van der Waals surface area contributed by atoms with Crippen LogP contribution in [0.2, 0.25) is 5.15 Å². The van der Waals surface area contributed by atoms with Crippen molar-refractivity contribution in [2.45, 2.75) is 6.42 Å². The predicted octanol–water partition coefficient (Wildman–Crippen LogP) is 5.73. The molecule has 0 aliphatic rings. The van der Waals surface area contributed by atoms with Crippen LogP contribution in [0.5, 0.6) is 0 Å². The molecule has 0 saturated heterocycles. The van der Waals surface area contributed by atoms with Gasteiger partial charge in [-0.3, -0.25) is 0 Å². The number of nitrogens with zero attached hydrogens (tertiary/aromatic N) is 2. The number of fused-ring (bicyclic) bond motifs is 1. The summed E-state index contributed by atoms with van der Waals surface area (Å²) in [6, 6.07) is 8.28. The topological polar surface area (TPSA) is 25.8 Å². The van der Waals surface area contributed by atoms with Crippen LogP contribution in [0.4, 0.5) is 0 Å². The van der Waals surface area contributed by atoms with E-state index in [9.17, 15) is 0 Å². The van der Waals surface area contributed by atoms with Gasteiger partial charge in [0.05, 0.1) is 5.39 Å². The smallest absolute Gasteiger partial charge is 0.142 e. The van der Waals surface area contributed by atoms with Crippen molar-refractivity contribution < 1.29 is 0 Å². The molecule has 0 N–H and O–H groups in total. The van der Waals surface area contributed by atoms with Crippen molar-refractivity contribution in [3.8, 4) is 10.4 Å². The Morgan fingerprint density at radius 1 is 1.00 bits per heavy atom. The fourth-order valence-electron chi connectivity index (χ4n) is 2.20. The molecule has 0 amide bonds. The molecular formula is C15H9ClN2S3. The van der Waals surface area contributed by atoms with E-state index in [1.807, 2.05) is 12.1 Å². The maximum atomic E-state index is 6.43. The molecule has 0 aromatic carbocycles. The molecule has 0 aliphatic carbocycles. The highest BCUT2D eigenvalue weighted by molar-refractivity contribution is 7.18. The van der Waals surface area contributed by atoms with Gasteiger partial charge in [-0.15, -0.1) is 34.0 Å². The zero-order valence-corrected chi connectivity index (χ0v) is 14.0. The third-order valence-corrected chi connectivity index (χ3v) is 6.06. The van der Waals surface area contributed by atoms with Gasteiger partial charge in [0, 0.05) is 27.1 Å². The number of rotatable bonds is 3. The van der Waals surface area contributed by atoms with Gasteiger partial charge in [-0.1, -0.05) is 23.7 Å². The van der Waals surface area contributed by atoms with E-state index in [4.69, 9.17) is 11.6 Å². The first-order valence-electron chi connectivity index (χ1n) is 6.31. The molecule has 0 fully saturated rings. The number of thiophene rings is 3. The van der Waals surface area contributed by atoms with Gasteiger partial charge < -0.3 is 0 Å². The van der Waals surface area contributed by atoms with E-state index in [1.165, 1.54) is 9.75 Å². The Balaban J connectivity index is 1.81. The van der Waals surface area contributed by atoms with E-state index in [-0.39, 0.29) is 0 Å². The van der Waals surface area contributed by atoms with Crippen molar-refractivity contribution >= 4 is 55.8 Å². The minimum absolute atomic E-state index is 0.552. The van der Waals surface area contributed by atoms with Crippen LogP contribution in [-0.4, -0.2) is 9.97 Å². The van der Waals surface area contributed by atoms with Crippen LogP contribution in [0.3, 0.4) is 0 Å². The predicted molar refractivity (Wildman–Crippen MR) is 92.9 cm³/mol. The quantitative estimate of drug-likeness (QED) is 0.442. The summed E-state index contributed by atoms with van der Waals surface area (Å²) in [6.07, 6.45) is 0.736. The Morgan fingerprint density at radius 3 is 2.62 bits per heavy atom. The van der Waals surface area contributed by atoms with Crippen LogP contribution >= 0.6 is 45.6 Å². The van der Waals surface area contributed by atoms with Gasteiger partial charge in [0.1, 0.15) is 15.8 Å². The maximum Gasteiger partial charge on any atom is 0.142 e. The Labute approximate surface area is 138 Å². The van der Waals surface area contributed by atoms with E-state index >= 15 is 0 Å². The minimum atomic E-state index is 0.552. The first kappa shape index (κ1) is 13.4. The molecule has 0 atom stereocenters. The summed E-state index contributed by atoms with van der Waals surface area (Å²) < 4.78 is 0. The van der Waals surface area contributed by atoms with E-state index in [2.05, 4.69) is 38.2 Å². The summed E-state index contributed by atoms with van der Waals surface area (Å²) in [6.45, 7) is 0. The van der Waals surface area contributed by atoms with Gasteiger partial charge in [-0.2, -0.15) is 0 Å². The lowest BCUT2D eigenvalue weighted by Crippen LogP contribution is -1.95. The summed E-state index contributed by atoms with van der Waals surface area (Å²) in [7, 11) is 0. The second-order valence-electron chi connectivity index (χ2n) is 4.49. The molecule has 4 aromatic rings. The van der Waals surface area contributed by atoms with Crippen LogP contribution in [-0.2, 0) is 6.42 Å². The number of aromatic nitrogens is 2. The molecular weight excluding hydrogens is 340 g/mol. The Hall–Kier alpha value is -1.27. The molecule has 0 spiro atoms. The van der Waals surface area contributed by atoms with Gasteiger partial charge in [-0.05, 0) is 22.9 Å². The molecule has 4 heterocycles. The van der Waals surface area contributed by atoms with Gasteiger partial charge in [-0.25, -0.2) is 9.97 Å². The summed E-state index contributed by atoms with van der Waals surface area (Å²) in [4.78, 5) is 12.6. The monoisotopic (exact) mass is 348 g/mol. The number of hydrogen-bond donors (Lipinski definition) is 0. The van der Waals surface area contributed by atoms with Gasteiger partial charge in [0.2, 0.25) is 0 Å². The van der Waals surface area contributed by atoms with Crippen molar-refractivity contribution in [1.29, 1.82) is 0 Å². The molecule has 104 valence electrons. The summed E-state index contributed by atoms with van der Waals surface area (Å²) in [5, 5.41) is 7.77. The first-order valence-corrected chi connectivity index (χ1v) is 9.33. The largest absolute Gasteiger partial charge is 0.222 e. The third-order valence-electron chi connectivity index (χ3n) is 3.13. The summed E-state index contributed by atoms with van der Waals surface area (Å²) in [5.74, 6) is 0.787. The standard InChI is InChI=1S/C15H9ClN2S3/c16-14-13-10(11-4-2-6-20-11)8-21-15(13)18-12(17-14)7-9-3-1-5-19-9/h1-6,8H,7H2. The number of halogens is 1. The molecule has 4 aromatic heterocycles. The molecule has 0 unspecified atom stereocenters. The van der Waals surface area contributed by atoms with Gasteiger partial charge >= 0.3 is 0 Å². The zero-order chi connectivity index (χ0) is 14.2. The van der Waals surface area contributed by atoms with Crippen molar-refractivity contribution in [2.24, 2.45) is 0 Å². The highest BCUT2D eigenvalue weighted by Gasteiger charge is 2.15. The molecule has 2 nitrogen and oxygen atoms in total. The SMILES string of the molecule is Clc1nc(Cc2cccs2)nc2scc(-c3cccs3)c12. The van der Waals surface area contributed by atoms with Crippen LogP contribution in [0.1, 0.15) is 10.7 Å². The van der Waals surface area contributed by atoms with Crippen molar-refractivity contribution in [3.63, 3.8) is 0 Å². The van der Waals surface area contributed by atoms with Crippen LogP contribution in [0.25, 0.3) is 20.7 Å². The highest BCUT2D eigenvalue weighted by atomic mass is 35.5. The number of hydrogen-bond acceptors (Lipinski definition) is 5. The minimum Gasteiger partial charge on any atom is -0.222 e. The van der Waals surface area contributed by atoms with Gasteiger partial charge in [0.25, 0.3) is 0 Å². The zero-order valence-electron chi connectivity index (χ0n) is 10.7. The molecule has 0 bridgehead atoms. The molecule has 0 aliphatic heterocycles. The fourth-order valence-corrected chi connectivity index (χ4v) is 5.03. The lowest BCUT2D eigenvalue weighted by atomic mass is 10.2. The molecule has 4 rings (SSSR count). The average Bonchev–Trinajstić information content (AvgIpc) is 3.19. The molecule has 0 radical (unpaired) electrons. The second-order valence-corrected chi connectivity index (χ2v) is 7.69. The van der Waals surface area contributed by atoms with Crippen LogP contribution in [0.15, 0.2) is 40.4 Å². The summed E-state index contributed by atoms with van der Waals surface area (Å²) >= 11 is 11.5. The lowest BCUT2D eigenvalue weighted by molar-refractivity contribution is 1.01. The first-order chi connectivity index (χ1) is 10.3. The van der Waals surface area contributed by atoms with E-state index in [0.717, 1.165) is 28.0 Å². The van der Waals surface area contributed by atoms with Crippen LogP contribution in [0, 0.1) is 0 Å². The Morgan fingerprint density at radius 2 is 1.86 bits per heavy atom. The average molecular weight is 349 g/mol. The van der Waals surface area contributed by atoms with Crippen molar-refractivity contribution in [2.75, 3.05) is 0 Å². The normalized spacial score (nSPS) is 11.3. The Kier molecular flexibility index (Phi) is 3.51. The molecule has 6 heteroatoms. The maximum absolute atomic E-state index is 6.43. The Bertz CT molecular complexity index is 879. The highest BCUT2D eigenvalue weighted by Crippen LogP contribution is 2.38. The third kappa shape index (κ3) is 2.51. The van der Waals surface area contributed by atoms with Crippen LogP contribution < -0.4 is 0 Å². The summed E-state index contributed by atoms with van der Waals surface area (Å²) in [5.41, 5.74) is 1.14.